The lowest BCUT2D eigenvalue weighted by Crippen LogP contribution is -2.50. The summed E-state index contributed by atoms with van der Waals surface area (Å²) in [4.78, 5) is 43.5. The van der Waals surface area contributed by atoms with E-state index in [0.29, 0.717) is 49.4 Å². The third-order valence-corrected chi connectivity index (χ3v) is 9.41. The van der Waals surface area contributed by atoms with Crippen LogP contribution in [0, 0.1) is 11.8 Å². The second-order valence-corrected chi connectivity index (χ2v) is 12.3. The second kappa shape index (κ2) is 12.3. The number of carbonyl (C=O) groups excluding carboxylic acids is 2. The van der Waals surface area contributed by atoms with Gasteiger partial charge < -0.3 is 30.4 Å². The van der Waals surface area contributed by atoms with Crippen LogP contribution in [0.15, 0.2) is 52.8 Å². The summed E-state index contributed by atoms with van der Waals surface area (Å²) < 4.78 is 7.30. The Hall–Kier alpha value is -3.57. The van der Waals surface area contributed by atoms with Gasteiger partial charge in [-0.05, 0) is 55.5 Å². The van der Waals surface area contributed by atoms with Gasteiger partial charge in [0.05, 0.1) is 23.6 Å². The minimum atomic E-state index is -0.931. The van der Waals surface area contributed by atoms with Crippen LogP contribution in [0.2, 0.25) is 0 Å². The molecule has 2 amide bonds. The Morgan fingerprint density at radius 1 is 1.19 bits per heavy atom. The molecule has 42 heavy (non-hydrogen) atoms. The quantitative estimate of drug-likeness (QED) is 0.292. The lowest BCUT2D eigenvalue weighted by molar-refractivity contribution is -0.153. The number of fused-ring (bicyclic) bond motifs is 2. The first-order valence-corrected chi connectivity index (χ1v) is 15.2. The van der Waals surface area contributed by atoms with Crippen LogP contribution in [-0.2, 0) is 22.6 Å². The average Bonchev–Trinajstić information content (AvgIpc) is 3.28. The van der Waals surface area contributed by atoms with Crippen molar-refractivity contribution in [1.29, 1.82) is 0 Å². The van der Waals surface area contributed by atoms with Crippen LogP contribution in [0.25, 0.3) is 0 Å². The highest BCUT2D eigenvalue weighted by atomic mass is 79.9. The molecule has 1 aliphatic carbocycles. The Labute approximate surface area is 254 Å². The van der Waals surface area contributed by atoms with Gasteiger partial charge in [-0.1, -0.05) is 47.0 Å². The third-order valence-electron chi connectivity index (χ3n) is 8.67. The van der Waals surface area contributed by atoms with Gasteiger partial charge >= 0.3 is 5.97 Å². The first kappa shape index (κ1) is 29.9. The maximum atomic E-state index is 14.3. The van der Waals surface area contributed by atoms with Crippen molar-refractivity contribution >= 4 is 33.7 Å². The summed E-state index contributed by atoms with van der Waals surface area (Å²) in [5, 5.41) is 11.3. The predicted molar refractivity (Wildman–Crippen MR) is 161 cm³/mol. The molecule has 0 spiro atoms. The highest BCUT2D eigenvalue weighted by Gasteiger charge is 2.44. The van der Waals surface area contributed by atoms with Crippen LogP contribution in [0.4, 0.5) is 0 Å². The summed E-state index contributed by atoms with van der Waals surface area (Å²) in [5.41, 5.74) is 10.1. The fraction of sp³-hybridized carbons (Fsp3) is 0.452. The lowest BCUT2D eigenvalue weighted by atomic mass is 9.77. The summed E-state index contributed by atoms with van der Waals surface area (Å²) in [7, 11) is 1.67. The SMILES string of the molecule is CC(Oc1ccc(Br)c2c1[C@@H](CN1Cc3ccccc3C1=O)N(C(=O)[C@@H]1CCCC[C@@H]1C(=O)O)CC2)/C(N)=C/N(C)N. The number of halogens is 1. The molecule has 2 aliphatic heterocycles. The lowest BCUT2D eigenvalue weighted by Gasteiger charge is -2.43. The van der Waals surface area contributed by atoms with Gasteiger partial charge in [-0.2, -0.15) is 0 Å². The van der Waals surface area contributed by atoms with Gasteiger partial charge in [0.2, 0.25) is 5.91 Å². The van der Waals surface area contributed by atoms with Crippen LogP contribution in [0.5, 0.6) is 5.75 Å². The second-order valence-electron chi connectivity index (χ2n) is 11.5. The zero-order valence-electron chi connectivity index (χ0n) is 24.0. The fourth-order valence-electron chi connectivity index (χ4n) is 6.54. The van der Waals surface area contributed by atoms with Crippen molar-refractivity contribution in [3.63, 3.8) is 0 Å². The van der Waals surface area contributed by atoms with E-state index >= 15 is 0 Å². The molecule has 224 valence electrons. The fourth-order valence-corrected chi connectivity index (χ4v) is 7.08. The van der Waals surface area contributed by atoms with Crippen molar-refractivity contribution in [1.82, 2.24) is 14.8 Å². The number of carboxylic acids is 1. The Bertz CT molecular complexity index is 1410. The number of nitrogens with two attached hydrogens (primary N) is 2. The topological polar surface area (TPSA) is 142 Å². The van der Waals surface area contributed by atoms with E-state index in [-0.39, 0.29) is 18.4 Å². The molecule has 0 radical (unpaired) electrons. The molecule has 1 fully saturated rings. The zero-order chi connectivity index (χ0) is 30.1. The minimum absolute atomic E-state index is 0.0878. The van der Waals surface area contributed by atoms with Gasteiger partial charge in [0, 0.05) is 48.5 Å². The van der Waals surface area contributed by atoms with E-state index in [1.807, 2.05) is 43.3 Å². The molecule has 1 saturated carbocycles. The number of benzene rings is 2. The van der Waals surface area contributed by atoms with Gasteiger partial charge in [0.15, 0.2) is 0 Å². The van der Waals surface area contributed by atoms with E-state index < -0.39 is 30.0 Å². The van der Waals surface area contributed by atoms with Gasteiger partial charge in [0.1, 0.15) is 11.9 Å². The highest BCUT2D eigenvalue weighted by Crippen LogP contribution is 2.44. The molecule has 0 bridgehead atoms. The van der Waals surface area contributed by atoms with Crippen molar-refractivity contribution in [2.75, 3.05) is 20.1 Å². The summed E-state index contributed by atoms with van der Waals surface area (Å²) in [6.07, 6.45) is 4.24. The van der Waals surface area contributed by atoms with Gasteiger partial charge in [-0.3, -0.25) is 14.4 Å². The van der Waals surface area contributed by atoms with Crippen molar-refractivity contribution in [2.45, 2.75) is 57.7 Å². The largest absolute Gasteiger partial charge is 0.484 e. The molecule has 0 aromatic heterocycles. The van der Waals surface area contributed by atoms with Crippen LogP contribution in [0.3, 0.4) is 0 Å². The first-order valence-electron chi connectivity index (χ1n) is 14.4. The smallest absolute Gasteiger partial charge is 0.307 e. The molecule has 5 rings (SSSR count). The predicted octanol–water partition coefficient (Wildman–Crippen LogP) is 3.79. The van der Waals surface area contributed by atoms with Gasteiger partial charge in [0.25, 0.3) is 5.91 Å². The van der Waals surface area contributed by atoms with E-state index in [1.54, 1.807) is 23.0 Å². The molecule has 4 atom stereocenters. The van der Waals surface area contributed by atoms with Crippen molar-refractivity contribution in [3.05, 3.63) is 75.0 Å². The Kier molecular flexibility index (Phi) is 8.79. The normalized spacial score (nSPS) is 22.8. The molecule has 2 aromatic carbocycles. The molecule has 10 nitrogen and oxygen atoms in total. The standard InChI is InChI=1S/C31H38BrN5O5/c1-18(25(33)16-35(2)34)42-27-12-11-24(32)23-13-14-37(30(39)21-9-5-6-10-22(21)31(40)41)26(28(23)27)17-36-15-19-7-3-4-8-20(19)29(36)38/h3-4,7-8,11-12,16,18,21-22,26H,5-6,9-10,13-15,17,33-34H2,1-2H3,(H,40,41)/b25-16-/t18?,21-,22+,26-/m1/s1. The van der Waals surface area contributed by atoms with Gasteiger partial charge in [-0.15, -0.1) is 0 Å². The molecule has 2 heterocycles. The summed E-state index contributed by atoms with van der Waals surface area (Å²) in [5.74, 6) is 3.80. The maximum Gasteiger partial charge on any atom is 0.307 e. The number of ether oxygens (including phenoxy) is 1. The number of hydrazine groups is 1. The number of carboxylic acid groups (broad SMARTS) is 1. The number of nitrogens with zero attached hydrogens (tertiary/aromatic N) is 3. The van der Waals surface area contributed by atoms with Crippen LogP contribution in [0.1, 0.15) is 65.7 Å². The number of amides is 2. The number of carbonyl (C=O) groups is 3. The molecule has 3 aliphatic rings. The van der Waals surface area contributed by atoms with Crippen molar-refractivity contribution in [2.24, 2.45) is 23.4 Å². The number of aliphatic carboxylic acids is 1. The molecule has 5 N–H and O–H groups in total. The molecule has 1 unspecified atom stereocenters. The Morgan fingerprint density at radius 2 is 1.90 bits per heavy atom. The third kappa shape index (κ3) is 5.85. The molecule has 2 aromatic rings. The number of hydrogen-bond acceptors (Lipinski definition) is 7. The van der Waals surface area contributed by atoms with E-state index in [4.69, 9.17) is 16.3 Å². The first-order chi connectivity index (χ1) is 20.1. The summed E-state index contributed by atoms with van der Waals surface area (Å²) in [6.45, 7) is 2.91. The minimum Gasteiger partial charge on any atom is -0.484 e. The molecule has 0 saturated heterocycles. The van der Waals surface area contributed by atoms with Crippen molar-refractivity contribution in [3.8, 4) is 5.75 Å². The monoisotopic (exact) mass is 639 g/mol. The number of rotatable bonds is 8. The summed E-state index contributed by atoms with van der Waals surface area (Å²) >= 11 is 3.71. The van der Waals surface area contributed by atoms with Crippen LogP contribution >= 0.6 is 15.9 Å². The maximum absolute atomic E-state index is 14.3. The zero-order valence-corrected chi connectivity index (χ0v) is 25.5. The Balaban J connectivity index is 1.56. The van der Waals surface area contributed by atoms with Crippen molar-refractivity contribution < 1.29 is 24.2 Å². The van der Waals surface area contributed by atoms with Crippen LogP contribution < -0.4 is 16.3 Å². The summed E-state index contributed by atoms with van der Waals surface area (Å²) in [6, 6.07) is 10.8. The van der Waals surface area contributed by atoms with E-state index in [9.17, 15) is 19.5 Å². The molecular formula is C31H38BrN5O5. The van der Waals surface area contributed by atoms with E-state index in [1.165, 1.54) is 5.01 Å². The van der Waals surface area contributed by atoms with E-state index in [2.05, 4.69) is 15.9 Å². The van der Waals surface area contributed by atoms with E-state index in [0.717, 1.165) is 34.0 Å². The highest BCUT2D eigenvalue weighted by molar-refractivity contribution is 9.10. The Morgan fingerprint density at radius 3 is 2.60 bits per heavy atom. The molecular weight excluding hydrogens is 602 g/mol. The molecule has 11 heteroatoms. The number of hydrogen-bond donors (Lipinski definition) is 3. The average molecular weight is 641 g/mol. The van der Waals surface area contributed by atoms with Crippen LogP contribution in [-0.4, -0.2) is 63.9 Å². The van der Waals surface area contributed by atoms with Gasteiger partial charge in [-0.25, -0.2) is 5.84 Å².